The van der Waals surface area contributed by atoms with Crippen LogP contribution in [0.3, 0.4) is 0 Å². The van der Waals surface area contributed by atoms with E-state index in [0.717, 1.165) is 0 Å². The Kier molecular flexibility index (Phi) is 3.72. The average molecular weight is 152 g/mol. The zero-order valence-corrected chi connectivity index (χ0v) is 5.23. The Morgan fingerprint density at radius 3 is 1.70 bits per heavy atom. The van der Waals surface area contributed by atoms with Gasteiger partial charge in [0, 0.05) is 0 Å². The molecule has 0 fully saturated rings. The number of hydrogen-bond donors (Lipinski definition) is 0. The fraction of sp³-hybridized carbons (Fsp3) is 0.800. The van der Waals surface area contributed by atoms with Crippen LogP contribution in [0.5, 0.6) is 0 Å². The van der Waals surface area contributed by atoms with Gasteiger partial charge in [0.1, 0.15) is 25.4 Å². The van der Waals surface area contributed by atoms with Crippen molar-refractivity contribution in [1.29, 1.82) is 0 Å². The first-order chi connectivity index (χ1) is 4.74. The fourth-order valence-electron chi connectivity index (χ4n) is 0.333. The monoisotopic (exact) mass is 152 g/mol. The molecule has 0 aromatic heterocycles. The molecule has 0 amide bonds. The van der Waals surface area contributed by atoms with Crippen LogP contribution in [0.2, 0.25) is 0 Å². The normalized spacial score (nSPS) is 10.7. The molecule has 0 aromatic rings. The zero-order valence-electron chi connectivity index (χ0n) is 5.23. The lowest BCUT2D eigenvalue weighted by molar-refractivity contribution is -0.0169. The molecular weight excluding hydrogens is 145 g/mol. The van der Waals surface area contributed by atoms with E-state index >= 15 is 0 Å². The van der Waals surface area contributed by atoms with E-state index in [1.807, 2.05) is 0 Å². The Morgan fingerprint density at radius 1 is 1.20 bits per heavy atom. The van der Waals surface area contributed by atoms with Gasteiger partial charge in [0.15, 0.2) is 0 Å². The van der Waals surface area contributed by atoms with E-state index in [2.05, 4.69) is 4.79 Å². The van der Waals surface area contributed by atoms with Crippen LogP contribution < -0.4 is 0 Å². The molecule has 0 heterocycles. The predicted molar refractivity (Wildman–Crippen MR) is 30.0 cm³/mol. The van der Waals surface area contributed by atoms with Crippen LogP contribution in [0.1, 0.15) is 0 Å². The van der Waals surface area contributed by atoms with Gasteiger partial charge in [0.05, 0.1) is 0 Å². The maximum absolute atomic E-state index is 11.8. The van der Waals surface area contributed by atoms with Gasteiger partial charge in [-0.05, 0) is 0 Å². The molecule has 0 atom stereocenters. The molecule has 0 N–H and O–H groups in total. The van der Waals surface area contributed by atoms with Crippen molar-refractivity contribution in [3.8, 4) is 0 Å². The van der Waals surface area contributed by atoms with Crippen LogP contribution in [0.15, 0.2) is 0 Å². The van der Waals surface area contributed by atoms with E-state index in [1.54, 1.807) is 0 Å². The molecule has 0 aliphatic carbocycles. The molecule has 10 heavy (non-hydrogen) atoms. The molecule has 0 saturated carbocycles. The Bertz CT molecular complexity index is 130. The van der Waals surface area contributed by atoms with Crippen molar-refractivity contribution < 1.29 is 18.0 Å². The number of alkyl halides is 3. The summed E-state index contributed by atoms with van der Waals surface area (Å²) < 4.78 is 35.5. The molecule has 0 rings (SSSR count). The van der Waals surface area contributed by atoms with E-state index < -0.39 is 25.4 Å². The third-order valence-electron chi connectivity index (χ3n) is 1.13. The molecule has 0 unspecified atom stereocenters. The van der Waals surface area contributed by atoms with Crippen LogP contribution in [0.4, 0.5) is 13.2 Å². The van der Waals surface area contributed by atoms with Crippen LogP contribution in [0, 0.1) is 5.41 Å². The summed E-state index contributed by atoms with van der Waals surface area (Å²) in [6, 6.07) is 0. The molecule has 5 heteroatoms. The summed E-state index contributed by atoms with van der Waals surface area (Å²) in [5.41, 5.74) is 6.00. The van der Waals surface area contributed by atoms with Crippen LogP contribution in [-0.2, 0) is 0 Å². The van der Waals surface area contributed by atoms with Gasteiger partial charge in [-0.1, -0.05) is 0 Å². The molecule has 0 aromatic carbocycles. The highest BCUT2D eigenvalue weighted by molar-refractivity contribution is 5.60. The van der Waals surface area contributed by atoms with E-state index in [4.69, 9.17) is 5.53 Å². The molecule has 0 radical (unpaired) electrons. The quantitative estimate of drug-likeness (QED) is 0.329. The second kappa shape index (κ2) is 4.06. The lowest BCUT2D eigenvalue weighted by Crippen LogP contribution is -2.30. The highest BCUT2D eigenvalue weighted by Crippen LogP contribution is 2.15. The third-order valence-corrected chi connectivity index (χ3v) is 1.13. The SMILES string of the molecule is [N-]=[N+]=CC(CF)(CF)CF. The third kappa shape index (κ3) is 1.84. The number of nitrogens with zero attached hydrogens (tertiary/aromatic N) is 2. The summed E-state index contributed by atoms with van der Waals surface area (Å²) in [6.45, 7) is -3.61. The molecule has 0 aliphatic heterocycles. The maximum Gasteiger partial charge on any atom is 0.271 e. The van der Waals surface area contributed by atoms with E-state index in [9.17, 15) is 13.2 Å². The summed E-state index contributed by atoms with van der Waals surface area (Å²) >= 11 is 0. The highest BCUT2D eigenvalue weighted by atomic mass is 19.1. The van der Waals surface area contributed by atoms with Gasteiger partial charge in [-0.25, -0.2) is 13.2 Å². The second-order valence-corrected chi connectivity index (χ2v) is 2.01. The smallest absolute Gasteiger partial charge is 0.271 e. The average Bonchev–Trinajstić information content (AvgIpc) is 2.01. The van der Waals surface area contributed by atoms with Crippen molar-refractivity contribution in [2.45, 2.75) is 0 Å². The van der Waals surface area contributed by atoms with Crippen molar-refractivity contribution in [2.24, 2.45) is 5.41 Å². The van der Waals surface area contributed by atoms with Crippen molar-refractivity contribution in [1.82, 2.24) is 0 Å². The molecule has 0 bridgehead atoms. The van der Waals surface area contributed by atoms with Crippen molar-refractivity contribution >= 4 is 6.21 Å². The topological polar surface area (TPSA) is 36.4 Å². The molecule has 0 saturated heterocycles. The van der Waals surface area contributed by atoms with Crippen LogP contribution in [-0.4, -0.2) is 31.0 Å². The van der Waals surface area contributed by atoms with E-state index in [1.165, 1.54) is 0 Å². The minimum absolute atomic E-state index is 0.535. The fourth-order valence-corrected chi connectivity index (χ4v) is 0.333. The molecule has 0 spiro atoms. The standard InChI is InChI=1S/C5H7F3N2/c6-1-5(2-7,3-8)4-10-9/h4H,1-3H2. The maximum atomic E-state index is 11.8. The second-order valence-electron chi connectivity index (χ2n) is 2.01. The Morgan fingerprint density at radius 2 is 1.60 bits per heavy atom. The Balaban J connectivity index is 4.29. The lowest BCUT2D eigenvalue weighted by atomic mass is 9.95. The van der Waals surface area contributed by atoms with E-state index in [0.29, 0.717) is 6.21 Å². The van der Waals surface area contributed by atoms with Gasteiger partial charge < -0.3 is 5.53 Å². The Hall–Kier alpha value is -0.830. The van der Waals surface area contributed by atoms with Gasteiger partial charge in [-0.15, -0.1) is 0 Å². The Labute approximate surface area is 56.3 Å². The van der Waals surface area contributed by atoms with Crippen molar-refractivity contribution in [3.63, 3.8) is 0 Å². The first kappa shape index (κ1) is 9.17. The number of hydrogen-bond acceptors (Lipinski definition) is 0. The minimum atomic E-state index is -1.87. The van der Waals surface area contributed by atoms with Crippen LogP contribution >= 0.6 is 0 Å². The lowest BCUT2D eigenvalue weighted by Gasteiger charge is -2.11. The van der Waals surface area contributed by atoms with Gasteiger partial charge >= 0.3 is 0 Å². The zero-order chi connectivity index (χ0) is 8.04. The summed E-state index contributed by atoms with van der Waals surface area (Å²) in [5, 5.41) is 0. The molecule has 2 nitrogen and oxygen atoms in total. The first-order valence-corrected chi connectivity index (χ1v) is 2.61. The summed E-state index contributed by atoms with van der Waals surface area (Å²) in [7, 11) is 0. The molecule has 58 valence electrons. The largest absolute Gasteiger partial charge is 0.362 e. The van der Waals surface area contributed by atoms with E-state index in [-0.39, 0.29) is 0 Å². The highest BCUT2D eigenvalue weighted by Gasteiger charge is 2.33. The van der Waals surface area contributed by atoms with Gasteiger partial charge in [0.25, 0.3) is 6.21 Å². The first-order valence-electron chi connectivity index (χ1n) is 2.61. The number of rotatable bonds is 4. The molecule has 0 aliphatic rings. The predicted octanol–water partition coefficient (Wildman–Crippen LogP) is 1.18. The van der Waals surface area contributed by atoms with Crippen molar-refractivity contribution in [2.75, 3.05) is 20.0 Å². The van der Waals surface area contributed by atoms with Crippen molar-refractivity contribution in [3.05, 3.63) is 5.53 Å². The van der Waals surface area contributed by atoms with Gasteiger partial charge in [-0.2, -0.15) is 4.79 Å². The van der Waals surface area contributed by atoms with Gasteiger partial charge in [-0.3, -0.25) is 0 Å². The number of halogens is 3. The summed E-state index contributed by atoms with van der Waals surface area (Å²) in [4.78, 5) is 2.38. The minimum Gasteiger partial charge on any atom is -0.362 e. The van der Waals surface area contributed by atoms with Gasteiger partial charge in [0.2, 0.25) is 0 Å². The summed E-state index contributed by atoms with van der Waals surface area (Å²) in [6.07, 6.45) is 0.535. The van der Waals surface area contributed by atoms with Crippen LogP contribution in [0.25, 0.3) is 5.53 Å². The summed E-state index contributed by atoms with van der Waals surface area (Å²) in [5.74, 6) is 0. The molecular formula is C5H7F3N2.